The average molecular weight is 302 g/mol. The number of hydrogen-bond acceptors (Lipinski definition) is 3. The summed E-state index contributed by atoms with van der Waals surface area (Å²) in [5.74, 6) is -1.43. The van der Waals surface area contributed by atoms with Crippen molar-refractivity contribution in [3.05, 3.63) is 24.0 Å². The van der Waals surface area contributed by atoms with Gasteiger partial charge in [-0.2, -0.15) is 8.78 Å². The fourth-order valence-electron chi connectivity index (χ4n) is 2.34. The van der Waals surface area contributed by atoms with E-state index in [2.05, 4.69) is 15.4 Å². The van der Waals surface area contributed by atoms with E-state index in [1.807, 2.05) is 0 Å². The molecule has 21 heavy (non-hydrogen) atoms. The third-order valence-corrected chi connectivity index (χ3v) is 3.30. The highest BCUT2D eigenvalue weighted by Gasteiger charge is 2.17. The first-order valence-corrected chi connectivity index (χ1v) is 6.79. The van der Waals surface area contributed by atoms with Gasteiger partial charge in [0.2, 0.25) is 5.91 Å². The number of ether oxygens (including phenoxy) is 1. The fraction of sp³-hybridized carbons (Fsp3) is 0.500. The van der Waals surface area contributed by atoms with E-state index in [0.29, 0.717) is 6.42 Å². The Morgan fingerprint density at radius 1 is 1.48 bits per heavy atom. The Morgan fingerprint density at radius 3 is 2.90 bits per heavy atom. The van der Waals surface area contributed by atoms with Crippen LogP contribution >= 0.6 is 0 Å². The minimum Gasteiger partial charge on any atom is -0.432 e. The summed E-state index contributed by atoms with van der Waals surface area (Å²) in [6, 6.07) is 3.37. The van der Waals surface area contributed by atoms with Crippen LogP contribution in [0.3, 0.4) is 0 Å². The number of hydrogen-bond donors (Lipinski definition) is 2. The molecule has 1 amide bonds. The van der Waals surface area contributed by atoms with Crippen molar-refractivity contribution in [1.29, 1.82) is 0 Å². The van der Waals surface area contributed by atoms with Crippen LogP contribution in [0.15, 0.2) is 18.2 Å². The molecule has 0 aliphatic carbocycles. The zero-order chi connectivity index (χ0) is 15.2. The summed E-state index contributed by atoms with van der Waals surface area (Å²) in [6.45, 7) is -1.32. The molecule has 1 aromatic carbocycles. The largest absolute Gasteiger partial charge is 0.432 e. The van der Waals surface area contributed by atoms with Gasteiger partial charge in [0.15, 0.2) is 11.6 Å². The predicted octanol–water partition coefficient (Wildman–Crippen LogP) is 2.76. The van der Waals surface area contributed by atoms with Crippen molar-refractivity contribution in [2.45, 2.75) is 25.9 Å². The highest BCUT2D eigenvalue weighted by molar-refractivity contribution is 5.90. The molecule has 116 valence electrons. The summed E-state index contributed by atoms with van der Waals surface area (Å²) in [5.41, 5.74) is 0.225. The van der Waals surface area contributed by atoms with Crippen LogP contribution in [-0.4, -0.2) is 25.6 Å². The van der Waals surface area contributed by atoms with Gasteiger partial charge in [-0.15, -0.1) is 0 Å². The van der Waals surface area contributed by atoms with Crippen LogP contribution in [0.2, 0.25) is 0 Å². The lowest BCUT2D eigenvalue weighted by Crippen LogP contribution is -2.32. The monoisotopic (exact) mass is 302 g/mol. The third kappa shape index (κ3) is 4.93. The molecule has 7 heteroatoms. The first kappa shape index (κ1) is 15.6. The maximum atomic E-state index is 13.5. The van der Waals surface area contributed by atoms with E-state index >= 15 is 0 Å². The van der Waals surface area contributed by atoms with Gasteiger partial charge in [0.25, 0.3) is 0 Å². The van der Waals surface area contributed by atoms with Crippen molar-refractivity contribution in [3.8, 4) is 5.75 Å². The van der Waals surface area contributed by atoms with Crippen molar-refractivity contribution in [1.82, 2.24) is 5.32 Å². The molecule has 1 fully saturated rings. The van der Waals surface area contributed by atoms with E-state index in [0.717, 1.165) is 38.1 Å². The first-order chi connectivity index (χ1) is 10.0. The summed E-state index contributed by atoms with van der Waals surface area (Å²) in [5, 5.41) is 5.77. The molecular weight excluding hydrogens is 285 g/mol. The van der Waals surface area contributed by atoms with Gasteiger partial charge in [-0.25, -0.2) is 4.39 Å². The number of amides is 1. The SMILES string of the molecule is O=C(CC1CCCNC1)Nc1ccc(OC(F)F)c(F)c1. The number of benzene rings is 1. The molecule has 1 unspecified atom stereocenters. The average Bonchev–Trinajstić information content (AvgIpc) is 2.42. The smallest absolute Gasteiger partial charge is 0.387 e. The lowest BCUT2D eigenvalue weighted by Gasteiger charge is -2.22. The summed E-state index contributed by atoms with van der Waals surface area (Å²) in [6.07, 6.45) is 2.37. The van der Waals surface area contributed by atoms with Crippen molar-refractivity contribution in [2.24, 2.45) is 5.92 Å². The lowest BCUT2D eigenvalue weighted by molar-refractivity contribution is -0.117. The standard InChI is InChI=1S/C14H17F3N2O2/c15-11-7-10(3-4-12(11)21-14(16)17)19-13(20)6-9-2-1-5-18-8-9/h3-4,7,9,14,18H,1-2,5-6,8H2,(H,19,20). The highest BCUT2D eigenvalue weighted by Crippen LogP contribution is 2.23. The number of nitrogens with one attached hydrogen (secondary N) is 2. The summed E-state index contributed by atoms with van der Waals surface area (Å²) in [7, 11) is 0. The van der Waals surface area contributed by atoms with Crippen LogP contribution in [0.25, 0.3) is 0 Å². The van der Waals surface area contributed by atoms with E-state index in [1.165, 1.54) is 6.07 Å². The van der Waals surface area contributed by atoms with Crippen molar-refractivity contribution < 1.29 is 22.7 Å². The van der Waals surface area contributed by atoms with E-state index in [9.17, 15) is 18.0 Å². The summed E-state index contributed by atoms with van der Waals surface area (Å²) >= 11 is 0. The molecule has 0 saturated carbocycles. The molecule has 4 nitrogen and oxygen atoms in total. The van der Waals surface area contributed by atoms with Gasteiger partial charge in [0.1, 0.15) is 0 Å². The molecule has 2 N–H and O–H groups in total. The van der Waals surface area contributed by atoms with Crippen molar-refractivity contribution in [2.75, 3.05) is 18.4 Å². The Bertz CT molecular complexity index is 491. The second-order valence-corrected chi connectivity index (χ2v) is 4.99. The minimum absolute atomic E-state index is 0.217. The molecule has 1 aliphatic rings. The Hall–Kier alpha value is -1.76. The summed E-state index contributed by atoms with van der Waals surface area (Å²) in [4.78, 5) is 11.8. The van der Waals surface area contributed by atoms with Crippen LogP contribution in [0.1, 0.15) is 19.3 Å². The van der Waals surface area contributed by atoms with E-state index in [-0.39, 0.29) is 17.5 Å². The molecule has 2 rings (SSSR count). The van der Waals surface area contributed by atoms with Gasteiger partial charge in [0.05, 0.1) is 0 Å². The maximum absolute atomic E-state index is 13.5. The van der Waals surface area contributed by atoms with Gasteiger partial charge in [-0.05, 0) is 44.0 Å². The zero-order valence-electron chi connectivity index (χ0n) is 11.4. The molecule has 1 aliphatic heterocycles. The van der Waals surface area contributed by atoms with Crippen LogP contribution in [0, 0.1) is 11.7 Å². The quantitative estimate of drug-likeness (QED) is 0.879. The predicted molar refractivity (Wildman–Crippen MR) is 71.9 cm³/mol. The van der Waals surface area contributed by atoms with Crippen LogP contribution < -0.4 is 15.4 Å². The molecular formula is C14H17F3N2O2. The Kier molecular flexibility index (Phi) is 5.44. The minimum atomic E-state index is -3.08. The van der Waals surface area contributed by atoms with E-state index in [1.54, 1.807) is 0 Å². The highest BCUT2D eigenvalue weighted by atomic mass is 19.3. The van der Waals surface area contributed by atoms with Gasteiger partial charge in [0, 0.05) is 18.2 Å². The van der Waals surface area contributed by atoms with Crippen LogP contribution in [0.4, 0.5) is 18.9 Å². The zero-order valence-corrected chi connectivity index (χ0v) is 11.4. The maximum Gasteiger partial charge on any atom is 0.387 e. The Morgan fingerprint density at radius 2 is 2.29 bits per heavy atom. The normalized spacial score (nSPS) is 18.6. The van der Waals surface area contributed by atoms with Gasteiger partial charge in [-0.1, -0.05) is 0 Å². The van der Waals surface area contributed by atoms with Gasteiger partial charge < -0.3 is 15.4 Å². The fourth-order valence-corrected chi connectivity index (χ4v) is 2.34. The number of carbonyl (C=O) groups is 1. The number of piperidine rings is 1. The van der Waals surface area contributed by atoms with Gasteiger partial charge >= 0.3 is 6.61 Å². The third-order valence-electron chi connectivity index (χ3n) is 3.30. The Labute approximate surface area is 120 Å². The number of carbonyl (C=O) groups excluding carboxylic acids is 1. The molecule has 1 atom stereocenters. The molecule has 1 heterocycles. The van der Waals surface area contributed by atoms with Crippen molar-refractivity contribution >= 4 is 11.6 Å². The second kappa shape index (κ2) is 7.31. The van der Waals surface area contributed by atoms with E-state index in [4.69, 9.17) is 0 Å². The molecule has 1 aromatic rings. The topological polar surface area (TPSA) is 50.4 Å². The molecule has 0 aromatic heterocycles. The van der Waals surface area contributed by atoms with Crippen molar-refractivity contribution in [3.63, 3.8) is 0 Å². The lowest BCUT2D eigenvalue weighted by atomic mass is 9.96. The molecule has 1 saturated heterocycles. The second-order valence-electron chi connectivity index (χ2n) is 4.99. The first-order valence-electron chi connectivity index (χ1n) is 6.79. The van der Waals surface area contributed by atoms with Gasteiger partial charge in [-0.3, -0.25) is 4.79 Å². The number of rotatable bonds is 5. The Balaban J connectivity index is 1.89. The number of halogens is 3. The molecule has 0 spiro atoms. The van der Waals surface area contributed by atoms with Crippen LogP contribution in [-0.2, 0) is 4.79 Å². The molecule has 0 bridgehead atoms. The molecule has 0 radical (unpaired) electrons. The number of anilines is 1. The summed E-state index contributed by atoms with van der Waals surface area (Å²) < 4.78 is 41.5. The van der Waals surface area contributed by atoms with Crippen LogP contribution in [0.5, 0.6) is 5.75 Å². The van der Waals surface area contributed by atoms with E-state index < -0.39 is 18.2 Å². The number of alkyl halides is 2.